The van der Waals surface area contributed by atoms with E-state index in [1.165, 1.54) is 0 Å². The molecule has 110 valence electrons. The molecular formula is C16H17NO4. The first-order valence-electron chi connectivity index (χ1n) is 7.27. The molecule has 0 bridgehead atoms. The van der Waals surface area contributed by atoms with Crippen LogP contribution in [0, 0.1) is 11.8 Å². The van der Waals surface area contributed by atoms with E-state index < -0.39 is 17.8 Å². The Morgan fingerprint density at radius 3 is 2.10 bits per heavy atom. The summed E-state index contributed by atoms with van der Waals surface area (Å²) in [6.07, 6.45) is 3.45. The van der Waals surface area contributed by atoms with Crippen molar-refractivity contribution in [3.63, 3.8) is 0 Å². The Kier molecular flexibility index (Phi) is 3.49. The van der Waals surface area contributed by atoms with Gasteiger partial charge >= 0.3 is 5.97 Å². The lowest BCUT2D eigenvalue weighted by Gasteiger charge is -2.25. The van der Waals surface area contributed by atoms with E-state index >= 15 is 0 Å². The molecule has 1 saturated carbocycles. The van der Waals surface area contributed by atoms with Crippen LogP contribution in [0.4, 0.5) is 0 Å². The van der Waals surface area contributed by atoms with Gasteiger partial charge in [-0.15, -0.1) is 0 Å². The van der Waals surface area contributed by atoms with Crippen LogP contribution in [0.3, 0.4) is 0 Å². The summed E-state index contributed by atoms with van der Waals surface area (Å²) in [4.78, 5) is 41.4. The minimum Gasteiger partial charge on any atom is -0.329 e. The Balaban J connectivity index is 1.70. The first-order chi connectivity index (χ1) is 10.1. The van der Waals surface area contributed by atoms with E-state index in [9.17, 15) is 14.4 Å². The van der Waals surface area contributed by atoms with Gasteiger partial charge in [0.2, 0.25) is 0 Å². The number of imide groups is 1. The molecule has 21 heavy (non-hydrogen) atoms. The molecule has 1 fully saturated rings. The predicted molar refractivity (Wildman–Crippen MR) is 74.2 cm³/mol. The zero-order valence-corrected chi connectivity index (χ0v) is 11.9. The molecule has 0 radical (unpaired) electrons. The Bertz CT molecular complexity index is 567. The zero-order valence-electron chi connectivity index (χ0n) is 11.9. The quantitative estimate of drug-likeness (QED) is 0.784. The van der Waals surface area contributed by atoms with Crippen molar-refractivity contribution in [1.29, 1.82) is 0 Å². The maximum Gasteiger partial charge on any atom is 0.336 e. The van der Waals surface area contributed by atoms with Gasteiger partial charge in [0.1, 0.15) is 0 Å². The second kappa shape index (κ2) is 5.31. The maximum atomic E-state index is 12.1. The van der Waals surface area contributed by atoms with Gasteiger partial charge in [-0.05, 0) is 43.7 Å². The topological polar surface area (TPSA) is 63.7 Å². The molecule has 0 saturated heterocycles. The number of nitrogens with zero attached hydrogens (tertiary/aromatic N) is 1. The summed E-state index contributed by atoms with van der Waals surface area (Å²) in [6, 6.07) is 6.48. The van der Waals surface area contributed by atoms with Crippen LogP contribution in [-0.2, 0) is 9.63 Å². The fourth-order valence-electron chi connectivity index (χ4n) is 2.91. The molecule has 3 rings (SSSR count). The summed E-state index contributed by atoms with van der Waals surface area (Å²) in [5.74, 6) is -1.20. The first-order valence-corrected chi connectivity index (χ1v) is 7.27. The molecule has 1 heterocycles. The van der Waals surface area contributed by atoms with Crippen LogP contribution >= 0.6 is 0 Å². The second-order valence-corrected chi connectivity index (χ2v) is 5.82. The van der Waals surface area contributed by atoms with Gasteiger partial charge in [-0.1, -0.05) is 24.1 Å². The van der Waals surface area contributed by atoms with Crippen molar-refractivity contribution in [3.8, 4) is 0 Å². The zero-order chi connectivity index (χ0) is 15.0. The third kappa shape index (κ3) is 2.44. The van der Waals surface area contributed by atoms with Crippen LogP contribution in [0.5, 0.6) is 0 Å². The van der Waals surface area contributed by atoms with E-state index in [0.29, 0.717) is 11.0 Å². The molecule has 1 aromatic carbocycles. The number of amides is 2. The summed E-state index contributed by atoms with van der Waals surface area (Å²) in [5, 5.41) is 0.602. The highest BCUT2D eigenvalue weighted by molar-refractivity contribution is 6.20. The summed E-state index contributed by atoms with van der Waals surface area (Å²) in [5.41, 5.74) is 0.570. The van der Waals surface area contributed by atoms with Gasteiger partial charge in [-0.2, -0.15) is 0 Å². The van der Waals surface area contributed by atoms with E-state index in [0.717, 1.165) is 25.7 Å². The maximum absolute atomic E-state index is 12.1. The smallest absolute Gasteiger partial charge is 0.329 e. The average Bonchev–Trinajstić information content (AvgIpc) is 2.73. The highest BCUT2D eigenvalue weighted by atomic mass is 16.7. The molecular weight excluding hydrogens is 270 g/mol. The van der Waals surface area contributed by atoms with Gasteiger partial charge in [-0.25, -0.2) is 4.79 Å². The van der Waals surface area contributed by atoms with Crippen LogP contribution in [0.2, 0.25) is 0 Å². The summed E-state index contributed by atoms with van der Waals surface area (Å²) in [6.45, 7) is 2.16. The summed E-state index contributed by atoms with van der Waals surface area (Å²) >= 11 is 0. The van der Waals surface area contributed by atoms with Crippen molar-refractivity contribution in [2.24, 2.45) is 11.8 Å². The van der Waals surface area contributed by atoms with Crippen LogP contribution < -0.4 is 0 Å². The molecule has 1 aliphatic heterocycles. The number of benzene rings is 1. The lowest BCUT2D eigenvalue weighted by atomic mass is 9.83. The third-order valence-corrected chi connectivity index (χ3v) is 4.29. The van der Waals surface area contributed by atoms with E-state index in [2.05, 4.69) is 6.92 Å². The second-order valence-electron chi connectivity index (χ2n) is 5.82. The van der Waals surface area contributed by atoms with Crippen molar-refractivity contribution in [1.82, 2.24) is 5.06 Å². The molecule has 0 spiro atoms. The first kappa shape index (κ1) is 13.8. The minimum atomic E-state index is -0.562. The Hall–Kier alpha value is -2.17. The van der Waals surface area contributed by atoms with E-state index in [1.54, 1.807) is 24.3 Å². The molecule has 0 aromatic heterocycles. The lowest BCUT2D eigenvalue weighted by Crippen LogP contribution is -2.36. The number of hydrogen-bond donors (Lipinski definition) is 0. The highest BCUT2D eigenvalue weighted by Gasteiger charge is 2.40. The van der Waals surface area contributed by atoms with Crippen molar-refractivity contribution >= 4 is 17.8 Å². The number of carbonyl (C=O) groups is 3. The van der Waals surface area contributed by atoms with Crippen molar-refractivity contribution in [2.45, 2.75) is 32.6 Å². The minimum absolute atomic E-state index is 0.217. The fraction of sp³-hybridized carbons (Fsp3) is 0.438. The molecule has 2 amide bonds. The van der Waals surface area contributed by atoms with Gasteiger partial charge in [0.05, 0.1) is 17.0 Å². The van der Waals surface area contributed by atoms with E-state index in [-0.39, 0.29) is 17.0 Å². The van der Waals surface area contributed by atoms with Crippen LogP contribution in [-0.4, -0.2) is 22.8 Å². The lowest BCUT2D eigenvalue weighted by molar-refractivity contribution is -0.175. The van der Waals surface area contributed by atoms with E-state index in [4.69, 9.17) is 4.84 Å². The van der Waals surface area contributed by atoms with Gasteiger partial charge in [0.25, 0.3) is 11.8 Å². The molecule has 5 heteroatoms. The molecule has 5 nitrogen and oxygen atoms in total. The van der Waals surface area contributed by atoms with Gasteiger partial charge < -0.3 is 4.84 Å². The fourth-order valence-corrected chi connectivity index (χ4v) is 2.91. The SMILES string of the molecule is CC1CCC(C(=O)ON2C(=O)c3ccccc3C2=O)CC1. The number of hydroxylamine groups is 2. The van der Waals surface area contributed by atoms with Crippen molar-refractivity contribution in [3.05, 3.63) is 35.4 Å². The number of rotatable bonds is 2. The largest absolute Gasteiger partial charge is 0.336 e. The molecule has 0 unspecified atom stereocenters. The summed E-state index contributed by atoms with van der Waals surface area (Å²) in [7, 11) is 0. The van der Waals surface area contributed by atoms with Gasteiger partial charge in [-0.3, -0.25) is 9.59 Å². The monoisotopic (exact) mass is 287 g/mol. The van der Waals surface area contributed by atoms with Crippen LogP contribution in [0.1, 0.15) is 53.3 Å². The molecule has 0 atom stereocenters. The number of fused-ring (bicyclic) bond motifs is 1. The van der Waals surface area contributed by atoms with Crippen molar-refractivity contribution < 1.29 is 19.2 Å². The standard InChI is InChI=1S/C16H17NO4/c1-10-6-8-11(9-7-10)16(20)21-17-14(18)12-4-2-3-5-13(12)15(17)19/h2-5,10-11H,6-9H2,1H3. The van der Waals surface area contributed by atoms with Gasteiger partial charge in [0.15, 0.2) is 0 Å². The summed E-state index contributed by atoms with van der Waals surface area (Å²) < 4.78 is 0. The van der Waals surface area contributed by atoms with Gasteiger partial charge in [0, 0.05) is 0 Å². The Morgan fingerprint density at radius 1 is 1.05 bits per heavy atom. The van der Waals surface area contributed by atoms with Crippen LogP contribution in [0.15, 0.2) is 24.3 Å². The van der Waals surface area contributed by atoms with Crippen molar-refractivity contribution in [2.75, 3.05) is 0 Å². The number of carbonyl (C=O) groups excluding carboxylic acids is 3. The average molecular weight is 287 g/mol. The molecule has 2 aliphatic rings. The Labute approximate surface area is 122 Å². The third-order valence-electron chi connectivity index (χ3n) is 4.29. The molecule has 1 aliphatic carbocycles. The molecule has 1 aromatic rings. The molecule has 0 N–H and O–H groups in total. The predicted octanol–water partition coefficient (Wildman–Crippen LogP) is 2.57. The highest BCUT2D eigenvalue weighted by Crippen LogP contribution is 2.30. The Morgan fingerprint density at radius 2 is 1.57 bits per heavy atom. The van der Waals surface area contributed by atoms with E-state index in [1.807, 2.05) is 0 Å². The van der Waals surface area contributed by atoms with Crippen LogP contribution in [0.25, 0.3) is 0 Å². The number of hydrogen-bond acceptors (Lipinski definition) is 4. The normalized spacial score (nSPS) is 24.9.